The van der Waals surface area contributed by atoms with Crippen LogP contribution in [0.25, 0.3) is 0 Å². The molecule has 1 aliphatic heterocycles. The van der Waals surface area contributed by atoms with E-state index in [4.69, 9.17) is 19.7 Å². The van der Waals surface area contributed by atoms with Crippen molar-refractivity contribution in [3.8, 4) is 23.7 Å². The molecule has 0 amide bonds. The van der Waals surface area contributed by atoms with E-state index in [0.717, 1.165) is 6.42 Å². The highest BCUT2D eigenvalue weighted by Crippen LogP contribution is 2.21. The fourth-order valence-corrected chi connectivity index (χ4v) is 2.52. The molecule has 158 valence electrons. The van der Waals surface area contributed by atoms with Crippen LogP contribution in [0.3, 0.4) is 0 Å². The van der Waals surface area contributed by atoms with Crippen molar-refractivity contribution in [3.63, 3.8) is 0 Å². The van der Waals surface area contributed by atoms with Crippen LogP contribution in [0.4, 0.5) is 0 Å². The van der Waals surface area contributed by atoms with Gasteiger partial charge in [-0.15, -0.1) is 0 Å². The molecule has 0 unspecified atom stereocenters. The zero-order valence-electron chi connectivity index (χ0n) is 15.8. The molecule has 8 heteroatoms. The van der Waals surface area contributed by atoms with Gasteiger partial charge in [-0.1, -0.05) is 17.9 Å². The highest BCUT2D eigenvalue weighted by molar-refractivity contribution is 5.30. The van der Waals surface area contributed by atoms with E-state index in [-0.39, 0.29) is 13.2 Å². The van der Waals surface area contributed by atoms with Gasteiger partial charge in [0.25, 0.3) is 0 Å². The molecule has 6 N–H and O–H groups in total. The van der Waals surface area contributed by atoms with E-state index < -0.39 is 43.4 Å². The van der Waals surface area contributed by atoms with E-state index in [0.29, 0.717) is 25.7 Å². The average Bonchev–Trinajstić information content (AvgIpc) is 2.69. The molecule has 0 aliphatic carbocycles. The number of ether oxygens (including phenoxy) is 2. The van der Waals surface area contributed by atoms with Gasteiger partial charge in [0, 0.05) is 13.0 Å². The Balaban J connectivity index is 2.24. The molecule has 0 radical (unpaired) electrons. The maximum absolute atomic E-state index is 9.80. The fraction of sp³-hybridized carbons (Fsp3) is 0.700. The Hall–Kier alpha value is -1.46. The Labute approximate surface area is 165 Å². The SMILES string of the molecule is OCCCC[C@@H](O)CCC#CC#CC=CCO[C@@H]1O[C@H](CO)[C@@H](O)[C@H](O)[C@H]1O. The second kappa shape index (κ2) is 14.5. The van der Waals surface area contributed by atoms with Gasteiger partial charge in [-0.2, -0.15) is 0 Å². The highest BCUT2D eigenvalue weighted by Gasteiger charge is 2.43. The zero-order chi connectivity index (χ0) is 20.8. The summed E-state index contributed by atoms with van der Waals surface area (Å²) >= 11 is 0. The molecular formula is C20H30O8. The number of hydrogen-bond donors (Lipinski definition) is 6. The first kappa shape index (κ1) is 24.6. The summed E-state index contributed by atoms with van der Waals surface area (Å²) in [6, 6.07) is 0. The standard InChI is InChI=1S/C20H30O8/c21-12-8-7-11-15(23)10-6-4-2-1-3-5-9-13-27-20-19(26)18(25)17(24)16(14-22)28-20/h5,9,15-26H,6-8,10-14H2/t15-,16+,17+,18-,19+,20+/m0/s1. The Morgan fingerprint density at radius 2 is 1.79 bits per heavy atom. The van der Waals surface area contributed by atoms with Crippen LogP contribution < -0.4 is 0 Å². The van der Waals surface area contributed by atoms with Crippen molar-refractivity contribution in [2.45, 2.75) is 68.9 Å². The third-order valence-electron chi connectivity index (χ3n) is 4.18. The summed E-state index contributed by atoms with van der Waals surface area (Å²) in [6.45, 7) is -0.321. The van der Waals surface area contributed by atoms with Crippen molar-refractivity contribution in [3.05, 3.63) is 12.2 Å². The summed E-state index contributed by atoms with van der Waals surface area (Å²) < 4.78 is 10.5. The number of aliphatic hydroxyl groups excluding tert-OH is 6. The molecule has 1 rings (SSSR count). The number of aliphatic hydroxyl groups is 6. The lowest BCUT2D eigenvalue weighted by Crippen LogP contribution is -2.59. The van der Waals surface area contributed by atoms with Crippen LogP contribution in [0.1, 0.15) is 32.1 Å². The van der Waals surface area contributed by atoms with Gasteiger partial charge >= 0.3 is 0 Å². The minimum atomic E-state index is -1.47. The Bertz CT molecular complexity index is 568. The van der Waals surface area contributed by atoms with E-state index in [1.165, 1.54) is 6.08 Å². The first-order valence-corrected chi connectivity index (χ1v) is 9.35. The predicted molar refractivity (Wildman–Crippen MR) is 101 cm³/mol. The average molecular weight is 398 g/mol. The summed E-state index contributed by atoms with van der Waals surface area (Å²) in [6.07, 6.45) is -0.551. The van der Waals surface area contributed by atoms with E-state index in [9.17, 15) is 20.4 Å². The smallest absolute Gasteiger partial charge is 0.187 e. The quantitative estimate of drug-likeness (QED) is 0.197. The predicted octanol–water partition coefficient (Wildman–Crippen LogP) is -1.33. The molecule has 28 heavy (non-hydrogen) atoms. The summed E-state index contributed by atoms with van der Waals surface area (Å²) in [5, 5.41) is 56.6. The summed E-state index contributed by atoms with van der Waals surface area (Å²) in [7, 11) is 0. The molecule has 0 saturated carbocycles. The van der Waals surface area contributed by atoms with Gasteiger partial charge in [-0.3, -0.25) is 0 Å². The Morgan fingerprint density at radius 1 is 1.00 bits per heavy atom. The number of rotatable bonds is 10. The van der Waals surface area contributed by atoms with Gasteiger partial charge in [0.2, 0.25) is 0 Å². The van der Waals surface area contributed by atoms with Crippen molar-refractivity contribution in [1.29, 1.82) is 0 Å². The number of unbranched alkanes of at least 4 members (excludes halogenated alkanes) is 1. The molecule has 1 heterocycles. The molecule has 0 aromatic heterocycles. The topological polar surface area (TPSA) is 140 Å². The maximum atomic E-state index is 9.80. The van der Waals surface area contributed by atoms with Crippen LogP contribution in [0.15, 0.2) is 12.2 Å². The van der Waals surface area contributed by atoms with Crippen molar-refractivity contribution in [1.82, 2.24) is 0 Å². The van der Waals surface area contributed by atoms with Crippen molar-refractivity contribution in [2.24, 2.45) is 0 Å². The van der Waals surface area contributed by atoms with Crippen LogP contribution in [0.2, 0.25) is 0 Å². The summed E-state index contributed by atoms with van der Waals surface area (Å²) in [4.78, 5) is 0. The molecule has 0 spiro atoms. The number of hydrogen-bond acceptors (Lipinski definition) is 8. The van der Waals surface area contributed by atoms with Gasteiger partial charge in [0.1, 0.15) is 24.4 Å². The van der Waals surface area contributed by atoms with Gasteiger partial charge < -0.3 is 40.1 Å². The van der Waals surface area contributed by atoms with Gasteiger partial charge in [0.15, 0.2) is 6.29 Å². The van der Waals surface area contributed by atoms with E-state index in [1.807, 2.05) is 0 Å². The molecule has 0 bridgehead atoms. The largest absolute Gasteiger partial charge is 0.396 e. The van der Waals surface area contributed by atoms with Crippen LogP contribution in [0, 0.1) is 23.7 Å². The summed E-state index contributed by atoms with van der Waals surface area (Å²) in [5.74, 6) is 10.8. The molecule has 1 saturated heterocycles. The van der Waals surface area contributed by atoms with Crippen LogP contribution >= 0.6 is 0 Å². The highest BCUT2D eigenvalue weighted by atomic mass is 16.7. The molecule has 8 nitrogen and oxygen atoms in total. The third-order valence-corrected chi connectivity index (χ3v) is 4.18. The third kappa shape index (κ3) is 9.16. The molecule has 1 aliphatic rings. The molecule has 0 aromatic rings. The zero-order valence-corrected chi connectivity index (χ0v) is 15.8. The lowest BCUT2D eigenvalue weighted by Gasteiger charge is -2.39. The lowest BCUT2D eigenvalue weighted by molar-refractivity contribution is -0.298. The maximum Gasteiger partial charge on any atom is 0.187 e. The second-order valence-electron chi connectivity index (χ2n) is 6.42. The van der Waals surface area contributed by atoms with E-state index in [1.54, 1.807) is 6.08 Å². The van der Waals surface area contributed by atoms with Gasteiger partial charge in [-0.05, 0) is 43.6 Å². The first-order chi connectivity index (χ1) is 13.5. The molecular weight excluding hydrogens is 368 g/mol. The van der Waals surface area contributed by atoms with Crippen molar-refractivity contribution in [2.75, 3.05) is 19.8 Å². The second-order valence-corrected chi connectivity index (χ2v) is 6.42. The van der Waals surface area contributed by atoms with Crippen LogP contribution in [0.5, 0.6) is 0 Å². The monoisotopic (exact) mass is 398 g/mol. The normalized spacial score (nSPS) is 28.3. The first-order valence-electron chi connectivity index (χ1n) is 9.35. The molecule has 0 aromatic carbocycles. The Kier molecular flexibility index (Phi) is 12.8. The van der Waals surface area contributed by atoms with Crippen LogP contribution in [-0.4, -0.2) is 87.3 Å². The van der Waals surface area contributed by atoms with Crippen molar-refractivity contribution < 1.29 is 40.1 Å². The molecule has 1 fully saturated rings. The summed E-state index contributed by atoms with van der Waals surface area (Å²) in [5.41, 5.74) is 0. The van der Waals surface area contributed by atoms with E-state index >= 15 is 0 Å². The van der Waals surface area contributed by atoms with E-state index in [2.05, 4.69) is 23.7 Å². The van der Waals surface area contributed by atoms with Crippen LogP contribution in [-0.2, 0) is 9.47 Å². The minimum absolute atomic E-state index is 0.0465. The Morgan fingerprint density at radius 3 is 2.50 bits per heavy atom. The van der Waals surface area contributed by atoms with Gasteiger partial charge in [0.05, 0.1) is 19.3 Å². The lowest BCUT2D eigenvalue weighted by atomic mass is 9.99. The molecule has 6 atom stereocenters. The van der Waals surface area contributed by atoms with Gasteiger partial charge in [-0.25, -0.2) is 0 Å². The minimum Gasteiger partial charge on any atom is -0.396 e. The fourth-order valence-electron chi connectivity index (χ4n) is 2.52. The van der Waals surface area contributed by atoms with Crippen molar-refractivity contribution >= 4 is 0 Å². The number of allylic oxidation sites excluding steroid dienone is 1.